The number of carbonyl (C=O) groups excluding carboxylic acids is 1. The lowest BCUT2D eigenvalue weighted by Crippen LogP contribution is -2.33. The van der Waals surface area contributed by atoms with Crippen molar-refractivity contribution in [3.05, 3.63) is 22.7 Å². The van der Waals surface area contributed by atoms with Crippen LogP contribution in [0.15, 0.2) is 12.1 Å². The number of amides is 1. The number of fused-ring (bicyclic) bond motifs is 1. The molecule has 2 rings (SSSR count). The van der Waals surface area contributed by atoms with Gasteiger partial charge in [0.2, 0.25) is 5.91 Å². The topological polar surface area (TPSA) is 38.8 Å². The van der Waals surface area contributed by atoms with Crippen LogP contribution in [0.2, 0.25) is 5.02 Å². The van der Waals surface area contributed by atoms with Crippen molar-refractivity contribution in [2.75, 3.05) is 26.3 Å². The van der Waals surface area contributed by atoms with Crippen molar-refractivity contribution in [1.82, 2.24) is 4.90 Å². The van der Waals surface area contributed by atoms with Gasteiger partial charge < -0.3 is 14.4 Å². The average Bonchev–Trinajstić information content (AvgIpc) is 2.73. The molecule has 0 saturated heterocycles. The third-order valence-corrected chi connectivity index (χ3v) is 4.13. The summed E-state index contributed by atoms with van der Waals surface area (Å²) >= 11 is 12.5. The lowest BCUT2D eigenvalue weighted by atomic mass is 10.1. The molecule has 0 radical (unpaired) electrons. The van der Waals surface area contributed by atoms with Gasteiger partial charge in [-0.1, -0.05) is 11.6 Å². The second kappa shape index (κ2) is 7.23. The molecule has 116 valence electrons. The number of likely N-dealkylation sites (N-methyl/N-ethyl adjacent to an activating group) is 1. The van der Waals surface area contributed by atoms with Gasteiger partial charge in [-0.3, -0.25) is 4.79 Å². The van der Waals surface area contributed by atoms with E-state index in [4.69, 9.17) is 32.7 Å². The Morgan fingerprint density at radius 3 is 2.62 bits per heavy atom. The Labute approximate surface area is 134 Å². The van der Waals surface area contributed by atoms with Crippen molar-refractivity contribution in [1.29, 1.82) is 0 Å². The number of ether oxygens (including phenoxy) is 2. The lowest BCUT2D eigenvalue weighted by molar-refractivity contribution is -0.130. The largest absolute Gasteiger partial charge is 0.489 e. The van der Waals surface area contributed by atoms with Gasteiger partial charge in [0.25, 0.3) is 0 Å². The predicted octanol–water partition coefficient (Wildman–Crippen LogP) is 3.65. The van der Waals surface area contributed by atoms with Crippen LogP contribution in [0.25, 0.3) is 0 Å². The number of carbonyl (C=O) groups is 1. The van der Waals surface area contributed by atoms with E-state index in [2.05, 4.69) is 0 Å². The minimum absolute atomic E-state index is 0.132. The maximum absolute atomic E-state index is 12.3. The predicted molar refractivity (Wildman–Crippen MR) is 83.6 cm³/mol. The lowest BCUT2D eigenvalue weighted by Gasteiger charge is -2.22. The molecule has 0 fully saturated rings. The van der Waals surface area contributed by atoms with E-state index >= 15 is 0 Å². The fourth-order valence-electron chi connectivity index (χ4n) is 2.24. The summed E-state index contributed by atoms with van der Waals surface area (Å²) in [4.78, 5) is 14.0. The van der Waals surface area contributed by atoms with Crippen LogP contribution in [0.5, 0.6) is 11.5 Å². The average molecular weight is 332 g/mol. The first-order chi connectivity index (χ1) is 10.1. The van der Waals surface area contributed by atoms with Gasteiger partial charge in [0.15, 0.2) is 11.5 Å². The Morgan fingerprint density at radius 2 is 1.95 bits per heavy atom. The molecule has 1 unspecified atom stereocenters. The highest BCUT2D eigenvalue weighted by Gasteiger charge is 2.25. The molecule has 1 aliphatic rings. The normalized spacial score (nSPS) is 15.2. The van der Waals surface area contributed by atoms with Crippen molar-refractivity contribution in [2.45, 2.75) is 25.6 Å². The van der Waals surface area contributed by atoms with Gasteiger partial charge in [-0.05, 0) is 31.5 Å². The number of nitrogens with zero attached hydrogens (tertiary/aromatic N) is 1. The zero-order valence-electron chi connectivity index (χ0n) is 12.2. The summed E-state index contributed by atoms with van der Waals surface area (Å²) in [5.41, 5.74) is 0.628. The molecular weight excluding hydrogens is 313 g/mol. The minimum Gasteiger partial charge on any atom is -0.489 e. The zero-order valence-corrected chi connectivity index (χ0v) is 13.7. The summed E-state index contributed by atoms with van der Waals surface area (Å²) in [6.45, 7) is 6.21. The smallest absolute Gasteiger partial charge is 0.245 e. The Bertz CT molecular complexity index is 518. The molecule has 0 aromatic heterocycles. The van der Waals surface area contributed by atoms with Crippen LogP contribution >= 0.6 is 23.2 Å². The number of rotatable bonds is 4. The molecule has 21 heavy (non-hydrogen) atoms. The van der Waals surface area contributed by atoms with E-state index in [-0.39, 0.29) is 5.91 Å². The second-order valence-electron chi connectivity index (χ2n) is 4.75. The molecule has 4 nitrogen and oxygen atoms in total. The first kappa shape index (κ1) is 16.2. The van der Waals surface area contributed by atoms with Crippen LogP contribution in [-0.2, 0) is 4.79 Å². The van der Waals surface area contributed by atoms with Gasteiger partial charge >= 0.3 is 0 Å². The first-order valence-electron chi connectivity index (χ1n) is 7.10. The molecule has 0 bridgehead atoms. The number of benzene rings is 1. The highest BCUT2D eigenvalue weighted by atomic mass is 35.5. The second-order valence-corrected chi connectivity index (χ2v) is 5.60. The quantitative estimate of drug-likeness (QED) is 0.790. The Morgan fingerprint density at radius 1 is 1.29 bits per heavy atom. The molecule has 1 aromatic carbocycles. The minimum atomic E-state index is -0.778. The van der Waals surface area contributed by atoms with Crippen LogP contribution in [0.1, 0.15) is 31.2 Å². The van der Waals surface area contributed by atoms with Gasteiger partial charge in [-0.25, -0.2) is 0 Å². The van der Waals surface area contributed by atoms with Gasteiger partial charge in [0, 0.05) is 19.5 Å². The summed E-state index contributed by atoms with van der Waals surface area (Å²) in [6.07, 6.45) is 0.795. The highest BCUT2D eigenvalue weighted by molar-refractivity contribution is 6.33. The zero-order chi connectivity index (χ0) is 15.4. The third kappa shape index (κ3) is 3.55. The number of hydrogen-bond donors (Lipinski definition) is 0. The van der Waals surface area contributed by atoms with Gasteiger partial charge in [0.05, 0.1) is 18.2 Å². The summed E-state index contributed by atoms with van der Waals surface area (Å²) in [7, 11) is 0. The number of hydrogen-bond acceptors (Lipinski definition) is 3. The van der Waals surface area contributed by atoms with E-state index < -0.39 is 5.38 Å². The fourth-order valence-corrected chi connectivity index (χ4v) is 2.77. The Kier molecular flexibility index (Phi) is 5.59. The Hall–Kier alpha value is -1.13. The molecule has 0 aliphatic carbocycles. The van der Waals surface area contributed by atoms with Crippen molar-refractivity contribution >= 4 is 29.1 Å². The molecule has 1 atom stereocenters. The summed E-state index contributed by atoms with van der Waals surface area (Å²) < 4.78 is 11.2. The standard InChI is InChI=1S/C15H19Cl2NO3/c1-3-18(4-2)15(19)13(17)10-8-11(16)14-12(9-10)20-6-5-7-21-14/h8-9,13H,3-7H2,1-2H3. The van der Waals surface area contributed by atoms with E-state index in [9.17, 15) is 4.79 Å². The van der Waals surface area contributed by atoms with Crippen molar-refractivity contribution < 1.29 is 14.3 Å². The number of alkyl halides is 1. The van der Waals surface area contributed by atoms with Gasteiger partial charge in [-0.15, -0.1) is 11.6 Å². The number of halogens is 2. The van der Waals surface area contributed by atoms with E-state index in [0.717, 1.165) is 6.42 Å². The monoisotopic (exact) mass is 331 g/mol. The van der Waals surface area contributed by atoms with E-state index in [1.54, 1.807) is 17.0 Å². The van der Waals surface area contributed by atoms with Crippen LogP contribution < -0.4 is 9.47 Å². The van der Waals surface area contributed by atoms with Gasteiger partial charge in [-0.2, -0.15) is 0 Å². The molecule has 1 amide bonds. The van der Waals surface area contributed by atoms with Crippen molar-refractivity contribution in [3.63, 3.8) is 0 Å². The summed E-state index contributed by atoms with van der Waals surface area (Å²) in [5.74, 6) is 0.942. The molecule has 1 aromatic rings. The first-order valence-corrected chi connectivity index (χ1v) is 7.91. The SMILES string of the molecule is CCN(CC)C(=O)C(Cl)c1cc(Cl)c2c(c1)OCCCO2. The molecule has 0 saturated carbocycles. The third-order valence-electron chi connectivity index (χ3n) is 3.41. The van der Waals surface area contributed by atoms with E-state index in [0.29, 0.717) is 48.4 Å². The van der Waals surface area contributed by atoms with E-state index in [1.165, 1.54) is 0 Å². The van der Waals surface area contributed by atoms with Crippen LogP contribution in [0, 0.1) is 0 Å². The van der Waals surface area contributed by atoms with Crippen molar-refractivity contribution in [3.8, 4) is 11.5 Å². The highest BCUT2D eigenvalue weighted by Crippen LogP contribution is 2.40. The van der Waals surface area contributed by atoms with E-state index in [1.807, 2.05) is 13.8 Å². The van der Waals surface area contributed by atoms with Gasteiger partial charge in [0.1, 0.15) is 5.38 Å². The molecule has 1 aliphatic heterocycles. The summed E-state index contributed by atoms with van der Waals surface area (Å²) in [5, 5.41) is -0.359. The van der Waals surface area contributed by atoms with Crippen LogP contribution in [0.4, 0.5) is 0 Å². The summed E-state index contributed by atoms with van der Waals surface area (Å²) in [6, 6.07) is 3.42. The molecule has 0 N–H and O–H groups in total. The molecule has 0 spiro atoms. The fraction of sp³-hybridized carbons (Fsp3) is 0.533. The van der Waals surface area contributed by atoms with Crippen molar-refractivity contribution in [2.24, 2.45) is 0 Å². The van der Waals surface area contributed by atoms with Crippen LogP contribution in [0.3, 0.4) is 0 Å². The Balaban J connectivity index is 2.30. The maximum Gasteiger partial charge on any atom is 0.245 e. The molecule has 6 heteroatoms. The van der Waals surface area contributed by atoms with Crippen LogP contribution in [-0.4, -0.2) is 37.1 Å². The molecule has 1 heterocycles. The molecular formula is C15H19Cl2NO3. The maximum atomic E-state index is 12.3.